The number of nitrogens with one attached hydrogen (secondary N) is 1. The highest BCUT2D eigenvalue weighted by atomic mass is 32.2. The van der Waals surface area contributed by atoms with Crippen molar-refractivity contribution in [2.24, 2.45) is 0 Å². The Labute approximate surface area is 79.2 Å². The molecule has 1 N–H and O–H groups in total. The van der Waals surface area contributed by atoms with E-state index in [4.69, 9.17) is 4.74 Å². The molecule has 1 heterocycles. The van der Waals surface area contributed by atoms with Gasteiger partial charge in [0.1, 0.15) is 0 Å². The van der Waals surface area contributed by atoms with Crippen molar-refractivity contribution >= 4 is 11.8 Å². The van der Waals surface area contributed by atoms with Gasteiger partial charge in [-0.15, -0.1) is 0 Å². The van der Waals surface area contributed by atoms with Gasteiger partial charge >= 0.3 is 5.51 Å². The quantitative estimate of drug-likeness (QED) is 0.720. The lowest BCUT2D eigenvalue weighted by Crippen LogP contribution is -2.18. The summed E-state index contributed by atoms with van der Waals surface area (Å²) in [6.45, 7) is 1.84. The molecule has 1 unspecified atom stereocenters. The average molecular weight is 215 g/mol. The minimum Gasteiger partial charge on any atom is -0.376 e. The van der Waals surface area contributed by atoms with Crippen LogP contribution in [0.5, 0.6) is 0 Å². The standard InChI is InChI=1S/C7H12F3NOS/c8-7(9,10)13-4-3-12-6-1-2-11-5-6/h6,11H,1-5H2. The Morgan fingerprint density at radius 2 is 2.23 bits per heavy atom. The van der Waals surface area contributed by atoms with E-state index in [1.165, 1.54) is 0 Å². The van der Waals surface area contributed by atoms with Gasteiger partial charge < -0.3 is 10.1 Å². The van der Waals surface area contributed by atoms with Crippen LogP contribution in [-0.2, 0) is 4.74 Å². The van der Waals surface area contributed by atoms with Crippen LogP contribution in [0.25, 0.3) is 0 Å². The smallest absolute Gasteiger partial charge is 0.376 e. The zero-order valence-corrected chi connectivity index (χ0v) is 7.88. The van der Waals surface area contributed by atoms with Crippen LogP contribution in [0.1, 0.15) is 6.42 Å². The molecule has 1 aliphatic rings. The zero-order chi connectivity index (χ0) is 9.73. The number of rotatable bonds is 4. The normalized spacial score (nSPS) is 23.8. The van der Waals surface area contributed by atoms with E-state index in [9.17, 15) is 13.2 Å². The van der Waals surface area contributed by atoms with E-state index >= 15 is 0 Å². The van der Waals surface area contributed by atoms with Crippen LogP contribution in [0.4, 0.5) is 13.2 Å². The number of alkyl halides is 3. The lowest BCUT2D eigenvalue weighted by Gasteiger charge is -2.10. The second-order valence-electron chi connectivity index (χ2n) is 2.78. The molecule has 1 aliphatic heterocycles. The van der Waals surface area contributed by atoms with E-state index in [0.717, 1.165) is 19.5 Å². The van der Waals surface area contributed by atoms with Crippen molar-refractivity contribution in [1.82, 2.24) is 5.32 Å². The number of ether oxygens (including phenoxy) is 1. The number of thioether (sulfide) groups is 1. The molecule has 0 spiro atoms. The highest BCUT2D eigenvalue weighted by Gasteiger charge is 2.27. The first-order valence-electron chi connectivity index (χ1n) is 4.11. The number of halogens is 3. The molecule has 2 nitrogen and oxygen atoms in total. The van der Waals surface area contributed by atoms with Crippen LogP contribution < -0.4 is 5.32 Å². The Morgan fingerprint density at radius 3 is 2.77 bits per heavy atom. The fourth-order valence-corrected chi connectivity index (χ4v) is 1.55. The Hall–Kier alpha value is 0.0600. The molecule has 0 radical (unpaired) electrons. The van der Waals surface area contributed by atoms with Gasteiger partial charge in [-0.1, -0.05) is 0 Å². The number of hydrogen-bond donors (Lipinski definition) is 1. The molecule has 0 aromatic carbocycles. The van der Waals surface area contributed by atoms with E-state index in [1.54, 1.807) is 0 Å². The number of hydrogen-bond acceptors (Lipinski definition) is 3. The maximum absolute atomic E-state index is 11.7. The zero-order valence-electron chi connectivity index (χ0n) is 7.06. The molecule has 6 heteroatoms. The topological polar surface area (TPSA) is 21.3 Å². The maximum atomic E-state index is 11.7. The van der Waals surface area contributed by atoms with Crippen molar-refractivity contribution in [2.75, 3.05) is 25.4 Å². The Bertz CT molecular complexity index is 147. The molecular formula is C7H12F3NOS. The Balaban J connectivity index is 1.94. The molecule has 13 heavy (non-hydrogen) atoms. The summed E-state index contributed by atoms with van der Waals surface area (Å²) in [5, 5.41) is 3.08. The first kappa shape index (κ1) is 11.1. The van der Waals surface area contributed by atoms with E-state index in [0.29, 0.717) is 0 Å². The SMILES string of the molecule is FC(F)(F)SCCOC1CCNC1. The maximum Gasteiger partial charge on any atom is 0.441 e. The summed E-state index contributed by atoms with van der Waals surface area (Å²) >= 11 is -0.0285. The summed E-state index contributed by atoms with van der Waals surface area (Å²) in [6, 6.07) is 0. The Morgan fingerprint density at radius 1 is 1.46 bits per heavy atom. The Kier molecular flexibility index (Phi) is 4.34. The predicted molar refractivity (Wildman–Crippen MR) is 45.7 cm³/mol. The van der Waals surface area contributed by atoms with Gasteiger partial charge in [-0.05, 0) is 24.7 Å². The summed E-state index contributed by atoms with van der Waals surface area (Å²) in [4.78, 5) is 0. The molecule has 1 fully saturated rings. The summed E-state index contributed by atoms with van der Waals surface area (Å²) in [6.07, 6.45) is 1.00. The van der Waals surface area contributed by atoms with Gasteiger partial charge in [0.2, 0.25) is 0 Å². The lowest BCUT2D eigenvalue weighted by atomic mass is 10.3. The third-order valence-corrected chi connectivity index (χ3v) is 2.42. The average Bonchev–Trinajstić information content (AvgIpc) is 2.48. The molecule has 1 rings (SSSR count). The lowest BCUT2D eigenvalue weighted by molar-refractivity contribution is -0.0334. The summed E-state index contributed by atoms with van der Waals surface area (Å²) in [5.41, 5.74) is -4.13. The summed E-state index contributed by atoms with van der Waals surface area (Å²) in [7, 11) is 0. The third kappa shape index (κ3) is 5.38. The van der Waals surface area contributed by atoms with Crippen LogP contribution >= 0.6 is 11.8 Å². The highest BCUT2D eigenvalue weighted by Crippen LogP contribution is 2.29. The summed E-state index contributed by atoms with van der Waals surface area (Å²) < 4.78 is 40.2. The van der Waals surface area contributed by atoms with E-state index in [2.05, 4.69) is 5.32 Å². The van der Waals surface area contributed by atoms with Crippen molar-refractivity contribution in [3.8, 4) is 0 Å². The van der Waals surface area contributed by atoms with Crippen molar-refractivity contribution < 1.29 is 17.9 Å². The molecule has 0 amide bonds. The predicted octanol–water partition coefficient (Wildman–Crippen LogP) is 1.62. The van der Waals surface area contributed by atoms with Crippen LogP contribution in [0.3, 0.4) is 0 Å². The minimum absolute atomic E-state index is 0.0139. The molecule has 0 aliphatic carbocycles. The monoisotopic (exact) mass is 215 g/mol. The first-order chi connectivity index (χ1) is 6.08. The second kappa shape index (κ2) is 5.07. The second-order valence-corrected chi connectivity index (χ2v) is 3.94. The van der Waals surface area contributed by atoms with Gasteiger partial charge in [0.15, 0.2) is 0 Å². The van der Waals surface area contributed by atoms with Gasteiger partial charge in [-0.25, -0.2) is 0 Å². The molecule has 0 bridgehead atoms. The van der Waals surface area contributed by atoms with Gasteiger partial charge in [-0.3, -0.25) is 0 Å². The molecule has 1 saturated heterocycles. The summed E-state index contributed by atoms with van der Waals surface area (Å²) in [5.74, 6) is -0.0139. The fourth-order valence-electron chi connectivity index (χ4n) is 1.14. The van der Waals surface area contributed by atoms with Gasteiger partial charge in [-0.2, -0.15) is 13.2 Å². The van der Waals surface area contributed by atoms with Crippen LogP contribution in [-0.4, -0.2) is 37.1 Å². The van der Waals surface area contributed by atoms with Crippen molar-refractivity contribution in [3.63, 3.8) is 0 Å². The van der Waals surface area contributed by atoms with E-state index in [1.807, 2.05) is 0 Å². The third-order valence-electron chi connectivity index (χ3n) is 1.72. The van der Waals surface area contributed by atoms with Crippen LogP contribution in [0.15, 0.2) is 0 Å². The van der Waals surface area contributed by atoms with Crippen molar-refractivity contribution in [2.45, 2.75) is 18.0 Å². The molecular weight excluding hydrogens is 203 g/mol. The van der Waals surface area contributed by atoms with E-state index < -0.39 is 5.51 Å². The highest BCUT2D eigenvalue weighted by molar-refractivity contribution is 8.00. The fraction of sp³-hybridized carbons (Fsp3) is 1.00. The van der Waals surface area contributed by atoms with Gasteiger partial charge in [0.05, 0.1) is 12.7 Å². The van der Waals surface area contributed by atoms with Gasteiger partial charge in [0, 0.05) is 12.3 Å². The molecule has 0 saturated carbocycles. The molecule has 78 valence electrons. The van der Waals surface area contributed by atoms with Crippen molar-refractivity contribution in [3.05, 3.63) is 0 Å². The van der Waals surface area contributed by atoms with E-state index in [-0.39, 0.29) is 30.2 Å². The molecule has 0 aromatic rings. The first-order valence-corrected chi connectivity index (χ1v) is 5.09. The largest absolute Gasteiger partial charge is 0.441 e. The molecule has 0 aromatic heterocycles. The van der Waals surface area contributed by atoms with Gasteiger partial charge in [0.25, 0.3) is 0 Å². The van der Waals surface area contributed by atoms with Crippen LogP contribution in [0.2, 0.25) is 0 Å². The minimum atomic E-state index is -4.13. The van der Waals surface area contributed by atoms with Crippen molar-refractivity contribution in [1.29, 1.82) is 0 Å². The molecule has 1 atom stereocenters. The van der Waals surface area contributed by atoms with Crippen LogP contribution in [0, 0.1) is 0 Å².